The van der Waals surface area contributed by atoms with Gasteiger partial charge >= 0.3 is 6.18 Å². The molecule has 1 aliphatic rings. The van der Waals surface area contributed by atoms with Crippen LogP contribution in [0.15, 0.2) is 54.9 Å². The van der Waals surface area contributed by atoms with Crippen molar-refractivity contribution >= 4 is 40.6 Å². The van der Waals surface area contributed by atoms with Crippen LogP contribution in [0.1, 0.15) is 34.5 Å². The van der Waals surface area contributed by atoms with E-state index in [2.05, 4.69) is 31.2 Å². The second kappa shape index (κ2) is 10.0. The molecule has 36 heavy (non-hydrogen) atoms. The maximum absolute atomic E-state index is 13.3. The zero-order chi connectivity index (χ0) is 25.9. The van der Waals surface area contributed by atoms with Gasteiger partial charge in [0, 0.05) is 18.3 Å². The topological polar surface area (TPSA) is 108 Å². The van der Waals surface area contributed by atoms with E-state index in [1.54, 1.807) is 31.3 Å². The second-order valence-electron chi connectivity index (χ2n) is 8.25. The SMILES string of the molecule is CNc1ccc(C(=O)NC2(C(=O)NCc3ccc(Nc4ccc(Cl)cc4C(F)(F)F)cn3)CC2)cn1. The number of hydrogen-bond acceptors (Lipinski definition) is 6. The first-order chi connectivity index (χ1) is 17.1. The van der Waals surface area contributed by atoms with Crippen molar-refractivity contribution in [2.45, 2.75) is 31.1 Å². The molecule has 2 aromatic heterocycles. The molecule has 0 saturated heterocycles. The number of carbonyl (C=O) groups is 2. The molecule has 4 rings (SSSR count). The Morgan fingerprint density at radius 3 is 2.42 bits per heavy atom. The Labute approximate surface area is 209 Å². The molecule has 12 heteroatoms. The van der Waals surface area contributed by atoms with Gasteiger partial charge in [-0.15, -0.1) is 0 Å². The molecule has 1 saturated carbocycles. The fourth-order valence-corrected chi connectivity index (χ4v) is 3.63. The minimum Gasteiger partial charge on any atom is -0.373 e. The minimum atomic E-state index is -4.58. The number of anilines is 3. The highest BCUT2D eigenvalue weighted by atomic mass is 35.5. The lowest BCUT2D eigenvalue weighted by molar-refractivity contribution is -0.137. The Morgan fingerprint density at radius 2 is 1.83 bits per heavy atom. The normalized spacial score (nSPS) is 14.0. The average molecular weight is 519 g/mol. The fraction of sp³-hybridized carbons (Fsp3) is 0.250. The molecule has 1 aliphatic carbocycles. The lowest BCUT2D eigenvalue weighted by Gasteiger charge is -2.17. The zero-order valence-electron chi connectivity index (χ0n) is 19.0. The molecule has 0 aliphatic heterocycles. The molecule has 4 N–H and O–H groups in total. The number of nitrogens with one attached hydrogen (secondary N) is 4. The number of pyridine rings is 2. The molecular weight excluding hydrogens is 497 g/mol. The monoisotopic (exact) mass is 518 g/mol. The number of aromatic nitrogens is 2. The molecule has 1 aromatic carbocycles. The number of alkyl halides is 3. The van der Waals surface area contributed by atoms with E-state index in [4.69, 9.17) is 11.6 Å². The van der Waals surface area contributed by atoms with Gasteiger partial charge in [0.15, 0.2) is 0 Å². The number of benzene rings is 1. The number of nitrogens with zero attached hydrogens (tertiary/aromatic N) is 2. The largest absolute Gasteiger partial charge is 0.418 e. The van der Waals surface area contributed by atoms with Gasteiger partial charge in [-0.25, -0.2) is 4.98 Å². The highest BCUT2D eigenvalue weighted by molar-refractivity contribution is 6.30. The fourth-order valence-electron chi connectivity index (χ4n) is 3.46. The first-order valence-corrected chi connectivity index (χ1v) is 11.3. The van der Waals surface area contributed by atoms with Crippen molar-refractivity contribution in [3.63, 3.8) is 0 Å². The summed E-state index contributed by atoms with van der Waals surface area (Å²) in [5.41, 5.74) is -0.860. The summed E-state index contributed by atoms with van der Waals surface area (Å²) in [6.45, 7) is 0.0872. The molecule has 2 amide bonds. The van der Waals surface area contributed by atoms with Crippen LogP contribution in [-0.2, 0) is 17.5 Å². The molecule has 8 nitrogen and oxygen atoms in total. The lowest BCUT2D eigenvalue weighted by atomic mass is 10.1. The lowest BCUT2D eigenvalue weighted by Crippen LogP contribution is -2.48. The second-order valence-corrected chi connectivity index (χ2v) is 8.69. The maximum Gasteiger partial charge on any atom is 0.418 e. The van der Waals surface area contributed by atoms with E-state index in [1.165, 1.54) is 24.5 Å². The quantitative estimate of drug-likeness (QED) is 0.349. The third-order valence-corrected chi connectivity index (χ3v) is 5.88. The summed E-state index contributed by atoms with van der Waals surface area (Å²) in [6, 6.07) is 9.87. The van der Waals surface area contributed by atoms with E-state index in [-0.39, 0.29) is 23.2 Å². The van der Waals surface area contributed by atoms with E-state index < -0.39 is 23.2 Å². The first-order valence-electron chi connectivity index (χ1n) is 10.9. The molecule has 0 bridgehead atoms. The summed E-state index contributed by atoms with van der Waals surface area (Å²) in [6.07, 6.45) is -0.772. The van der Waals surface area contributed by atoms with Crippen molar-refractivity contribution in [2.24, 2.45) is 0 Å². The van der Waals surface area contributed by atoms with E-state index in [0.29, 0.717) is 35.6 Å². The van der Waals surface area contributed by atoms with Crippen molar-refractivity contribution in [3.8, 4) is 0 Å². The Hall–Kier alpha value is -3.86. The highest BCUT2D eigenvalue weighted by Gasteiger charge is 2.51. The van der Waals surface area contributed by atoms with Gasteiger partial charge in [-0.3, -0.25) is 14.6 Å². The number of carbonyl (C=O) groups excluding carboxylic acids is 2. The van der Waals surface area contributed by atoms with Gasteiger partial charge in [0.1, 0.15) is 11.4 Å². The van der Waals surface area contributed by atoms with Crippen LogP contribution in [0.4, 0.5) is 30.4 Å². The van der Waals surface area contributed by atoms with Crippen molar-refractivity contribution in [1.82, 2.24) is 20.6 Å². The first kappa shape index (κ1) is 25.2. The van der Waals surface area contributed by atoms with Crippen LogP contribution in [0.5, 0.6) is 0 Å². The van der Waals surface area contributed by atoms with Gasteiger partial charge < -0.3 is 21.3 Å². The minimum absolute atomic E-state index is 0.0231. The van der Waals surface area contributed by atoms with Crippen LogP contribution in [0, 0.1) is 0 Å². The Bertz CT molecular complexity index is 1260. The molecule has 0 spiro atoms. The maximum atomic E-state index is 13.3. The third-order valence-electron chi connectivity index (χ3n) is 5.64. The molecule has 1 fully saturated rings. The summed E-state index contributed by atoms with van der Waals surface area (Å²) in [7, 11) is 1.72. The number of hydrogen-bond donors (Lipinski definition) is 4. The van der Waals surface area contributed by atoms with Gasteiger partial charge in [0.2, 0.25) is 5.91 Å². The Balaban J connectivity index is 1.34. The van der Waals surface area contributed by atoms with Crippen molar-refractivity contribution < 1.29 is 22.8 Å². The third kappa shape index (κ3) is 5.85. The van der Waals surface area contributed by atoms with Crippen LogP contribution in [0.25, 0.3) is 0 Å². The van der Waals surface area contributed by atoms with Crippen molar-refractivity contribution in [1.29, 1.82) is 0 Å². The van der Waals surface area contributed by atoms with Crippen LogP contribution in [0.2, 0.25) is 5.02 Å². The van der Waals surface area contributed by atoms with E-state index in [0.717, 1.165) is 6.07 Å². The highest BCUT2D eigenvalue weighted by Crippen LogP contribution is 2.38. The predicted octanol–water partition coefficient (Wildman–Crippen LogP) is 4.51. The van der Waals surface area contributed by atoms with E-state index in [9.17, 15) is 22.8 Å². The van der Waals surface area contributed by atoms with Crippen LogP contribution in [-0.4, -0.2) is 34.4 Å². The van der Waals surface area contributed by atoms with Gasteiger partial charge in [-0.05, 0) is 55.3 Å². The number of amides is 2. The predicted molar refractivity (Wildman–Crippen MR) is 129 cm³/mol. The van der Waals surface area contributed by atoms with Gasteiger partial charge in [0.05, 0.1) is 40.9 Å². The van der Waals surface area contributed by atoms with Crippen LogP contribution >= 0.6 is 11.6 Å². The summed E-state index contributed by atoms with van der Waals surface area (Å²) < 4.78 is 39.9. The molecule has 2 heterocycles. The molecule has 3 aromatic rings. The molecule has 0 unspecified atom stereocenters. The average Bonchev–Trinajstić information content (AvgIpc) is 3.64. The molecule has 188 valence electrons. The van der Waals surface area contributed by atoms with E-state index >= 15 is 0 Å². The summed E-state index contributed by atoms with van der Waals surface area (Å²) in [5, 5.41) is 11.1. The van der Waals surface area contributed by atoms with Crippen molar-refractivity contribution in [3.05, 3.63) is 76.7 Å². The number of rotatable bonds is 8. The van der Waals surface area contributed by atoms with Gasteiger partial charge in [-0.2, -0.15) is 13.2 Å². The van der Waals surface area contributed by atoms with E-state index in [1.807, 2.05) is 0 Å². The zero-order valence-corrected chi connectivity index (χ0v) is 19.8. The molecule has 0 atom stereocenters. The molecular formula is C24H22ClF3N6O2. The standard InChI is InChI=1S/C24H22ClF3N6O2/c1-29-20-7-2-14(11-31-20)21(35)34-23(8-9-23)22(36)32-12-16-4-5-17(13-30-16)33-19-6-3-15(25)10-18(19)24(26,27)28/h2-7,10-11,13,33H,8-9,12H2,1H3,(H,29,31)(H,32,36)(H,34,35). The van der Waals surface area contributed by atoms with Crippen LogP contribution in [0.3, 0.4) is 0 Å². The van der Waals surface area contributed by atoms with Crippen molar-refractivity contribution in [2.75, 3.05) is 17.7 Å². The van der Waals surface area contributed by atoms with Gasteiger partial charge in [-0.1, -0.05) is 11.6 Å². The summed E-state index contributed by atoms with van der Waals surface area (Å²) in [4.78, 5) is 33.5. The Kier molecular flexibility index (Phi) is 7.02. The Morgan fingerprint density at radius 1 is 1.06 bits per heavy atom. The molecule has 0 radical (unpaired) electrons. The smallest absolute Gasteiger partial charge is 0.373 e. The number of halogens is 4. The van der Waals surface area contributed by atoms with Gasteiger partial charge in [0.25, 0.3) is 5.91 Å². The summed E-state index contributed by atoms with van der Waals surface area (Å²) >= 11 is 5.71. The summed E-state index contributed by atoms with van der Waals surface area (Å²) in [5.74, 6) is -0.115. The van der Waals surface area contributed by atoms with Crippen LogP contribution < -0.4 is 21.3 Å².